The van der Waals surface area contributed by atoms with Crippen LogP contribution in [0.5, 0.6) is 0 Å². The highest BCUT2D eigenvalue weighted by Crippen LogP contribution is 2.09. The molecule has 1 unspecified atom stereocenters. The number of nitrogens with two attached hydrogens (primary N) is 1. The molecule has 0 aliphatic heterocycles. The summed E-state index contributed by atoms with van der Waals surface area (Å²) in [5, 5.41) is 7.40. The number of halogens is 1. The van der Waals surface area contributed by atoms with E-state index in [0.717, 1.165) is 11.4 Å². The number of hydrogen-bond donors (Lipinski definition) is 2. The van der Waals surface area contributed by atoms with Gasteiger partial charge >= 0.3 is 0 Å². The minimum Gasteiger partial charge on any atom is -0.383 e. The maximum atomic E-state index is 12.9. The number of aromatic nitrogens is 2. The lowest BCUT2D eigenvalue weighted by Gasteiger charge is -2.12. The topological polar surface area (TPSA) is 77.5 Å². The summed E-state index contributed by atoms with van der Waals surface area (Å²) in [5.41, 5.74) is 7.35. The van der Waals surface area contributed by atoms with Crippen LogP contribution in [0, 0.1) is 5.82 Å². The highest BCUT2D eigenvalue weighted by atomic mass is 19.1. The third-order valence-electron chi connectivity index (χ3n) is 2.96. The molecule has 2 aromatic rings. The van der Waals surface area contributed by atoms with Gasteiger partial charge in [0.15, 0.2) is 5.96 Å². The molecule has 0 fully saturated rings. The van der Waals surface area contributed by atoms with Crippen LogP contribution < -0.4 is 11.1 Å². The Kier molecular flexibility index (Phi) is 5.48. The van der Waals surface area contributed by atoms with Gasteiger partial charge in [-0.1, -0.05) is 0 Å². The van der Waals surface area contributed by atoms with Crippen LogP contribution >= 0.6 is 0 Å². The smallest absolute Gasteiger partial charge is 0.189 e. The van der Waals surface area contributed by atoms with Crippen LogP contribution in [0.4, 0.5) is 4.39 Å². The number of methoxy groups -OCH3 is 1. The molecule has 0 saturated carbocycles. The molecule has 0 saturated heterocycles. The molecule has 0 aliphatic carbocycles. The second kappa shape index (κ2) is 7.56. The maximum Gasteiger partial charge on any atom is 0.189 e. The normalized spacial score (nSPS) is 13.1. The lowest BCUT2D eigenvalue weighted by Crippen LogP contribution is -2.40. The van der Waals surface area contributed by atoms with Crippen LogP contribution in [-0.4, -0.2) is 35.5 Å². The molecule has 0 bridgehead atoms. The monoisotopic (exact) mass is 305 g/mol. The Labute approximate surface area is 128 Å². The predicted molar refractivity (Wildman–Crippen MR) is 83.3 cm³/mol. The first-order valence-electron chi connectivity index (χ1n) is 6.94. The van der Waals surface area contributed by atoms with Gasteiger partial charge in [-0.3, -0.25) is 0 Å². The van der Waals surface area contributed by atoms with Gasteiger partial charge in [-0.2, -0.15) is 5.10 Å². The number of aliphatic imine (C=N–C) groups is 1. The van der Waals surface area contributed by atoms with E-state index >= 15 is 0 Å². The average Bonchev–Trinajstić information content (AvgIpc) is 2.95. The van der Waals surface area contributed by atoms with Crippen molar-refractivity contribution in [2.24, 2.45) is 10.7 Å². The first-order valence-corrected chi connectivity index (χ1v) is 6.94. The van der Waals surface area contributed by atoms with E-state index < -0.39 is 0 Å². The molecule has 1 atom stereocenters. The SMILES string of the molecule is COCC(C)NC(N)=NCc1ccn(-c2ccc(F)cc2)n1. The molecule has 1 aromatic carbocycles. The molecular formula is C15H20FN5O. The van der Waals surface area contributed by atoms with Gasteiger partial charge in [-0.15, -0.1) is 0 Å². The van der Waals surface area contributed by atoms with Crippen molar-refractivity contribution in [1.29, 1.82) is 0 Å². The van der Waals surface area contributed by atoms with Crippen molar-refractivity contribution in [2.75, 3.05) is 13.7 Å². The quantitative estimate of drug-likeness (QED) is 0.625. The van der Waals surface area contributed by atoms with Crippen LogP contribution in [0.3, 0.4) is 0 Å². The fourth-order valence-electron chi connectivity index (χ4n) is 1.94. The molecule has 0 aliphatic rings. The van der Waals surface area contributed by atoms with E-state index in [1.54, 1.807) is 30.1 Å². The Bertz CT molecular complexity index is 623. The molecule has 7 heteroatoms. The summed E-state index contributed by atoms with van der Waals surface area (Å²) >= 11 is 0. The number of hydrogen-bond acceptors (Lipinski definition) is 3. The number of ether oxygens (including phenoxy) is 1. The van der Waals surface area contributed by atoms with Crippen LogP contribution in [0.2, 0.25) is 0 Å². The Hall–Kier alpha value is -2.41. The summed E-state index contributed by atoms with van der Waals surface area (Å²) in [4.78, 5) is 4.23. The molecule has 2 rings (SSSR count). The molecule has 0 amide bonds. The van der Waals surface area contributed by atoms with Crippen LogP contribution in [0.25, 0.3) is 5.69 Å². The van der Waals surface area contributed by atoms with E-state index in [1.165, 1.54) is 12.1 Å². The van der Waals surface area contributed by atoms with Gasteiger partial charge in [0.1, 0.15) is 5.82 Å². The third kappa shape index (κ3) is 4.56. The van der Waals surface area contributed by atoms with Gasteiger partial charge in [0.25, 0.3) is 0 Å². The van der Waals surface area contributed by atoms with Crippen molar-refractivity contribution in [3.8, 4) is 5.69 Å². The fraction of sp³-hybridized carbons (Fsp3) is 0.333. The molecule has 6 nitrogen and oxygen atoms in total. The molecule has 1 aromatic heterocycles. The molecule has 1 heterocycles. The van der Waals surface area contributed by atoms with Gasteiger partial charge in [0.2, 0.25) is 0 Å². The second-order valence-corrected chi connectivity index (χ2v) is 4.93. The van der Waals surface area contributed by atoms with Gasteiger partial charge in [-0.25, -0.2) is 14.1 Å². The van der Waals surface area contributed by atoms with Crippen molar-refractivity contribution in [1.82, 2.24) is 15.1 Å². The van der Waals surface area contributed by atoms with Gasteiger partial charge in [0, 0.05) is 19.3 Å². The van der Waals surface area contributed by atoms with Gasteiger partial charge in [0.05, 0.1) is 24.5 Å². The van der Waals surface area contributed by atoms with Gasteiger partial charge in [-0.05, 0) is 37.3 Å². The standard InChI is InChI=1S/C15H20FN5O/c1-11(10-22-2)19-15(17)18-9-13-7-8-21(20-13)14-5-3-12(16)4-6-14/h3-8,11H,9-10H2,1-2H3,(H3,17,18,19). The molecule has 3 N–H and O–H groups in total. The highest BCUT2D eigenvalue weighted by Gasteiger charge is 2.03. The molecular weight excluding hydrogens is 285 g/mol. The summed E-state index contributed by atoms with van der Waals surface area (Å²) in [6.07, 6.45) is 1.80. The van der Waals surface area contributed by atoms with Crippen molar-refractivity contribution in [3.63, 3.8) is 0 Å². The molecule has 22 heavy (non-hydrogen) atoms. The largest absolute Gasteiger partial charge is 0.383 e. The van der Waals surface area contributed by atoms with Crippen LogP contribution in [-0.2, 0) is 11.3 Å². The maximum absolute atomic E-state index is 12.9. The van der Waals surface area contributed by atoms with Crippen LogP contribution in [0.15, 0.2) is 41.5 Å². The molecule has 118 valence electrons. The molecule has 0 radical (unpaired) electrons. The number of nitrogens with one attached hydrogen (secondary N) is 1. The minimum absolute atomic E-state index is 0.0884. The van der Waals surface area contributed by atoms with Crippen molar-refractivity contribution >= 4 is 5.96 Å². The zero-order valence-corrected chi connectivity index (χ0v) is 12.7. The van der Waals surface area contributed by atoms with E-state index in [4.69, 9.17) is 10.5 Å². The van der Waals surface area contributed by atoms with E-state index in [2.05, 4.69) is 15.4 Å². The van der Waals surface area contributed by atoms with E-state index in [-0.39, 0.29) is 11.9 Å². The summed E-state index contributed by atoms with van der Waals surface area (Å²) in [6.45, 7) is 2.87. The lowest BCUT2D eigenvalue weighted by molar-refractivity contribution is 0.179. The fourth-order valence-corrected chi connectivity index (χ4v) is 1.94. The van der Waals surface area contributed by atoms with E-state index in [0.29, 0.717) is 19.1 Å². The Balaban J connectivity index is 1.96. The number of nitrogens with zero attached hydrogens (tertiary/aromatic N) is 3. The first-order chi connectivity index (χ1) is 10.6. The van der Waals surface area contributed by atoms with Crippen molar-refractivity contribution < 1.29 is 9.13 Å². The second-order valence-electron chi connectivity index (χ2n) is 4.93. The van der Waals surface area contributed by atoms with Gasteiger partial charge < -0.3 is 15.8 Å². The zero-order chi connectivity index (χ0) is 15.9. The molecule has 0 spiro atoms. The Morgan fingerprint density at radius 1 is 1.41 bits per heavy atom. The minimum atomic E-state index is -0.273. The average molecular weight is 305 g/mol. The Morgan fingerprint density at radius 2 is 2.14 bits per heavy atom. The lowest BCUT2D eigenvalue weighted by atomic mass is 10.3. The Morgan fingerprint density at radius 3 is 2.82 bits per heavy atom. The summed E-state index contributed by atoms with van der Waals surface area (Å²) in [7, 11) is 1.63. The number of benzene rings is 1. The predicted octanol–water partition coefficient (Wildman–Crippen LogP) is 1.45. The van der Waals surface area contributed by atoms with E-state index in [1.807, 2.05) is 13.0 Å². The highest BCUT2D eigenvalue weighted by molar-refractivity contribution is 5.78. The van der Waals surface area contributed by atoms with Crippen LogP contribution in [0.1, 0.15) is 12.6 Å². The number of guanidine groups is 1. The first kappa shape index (κ1) is 16.0. The number of rotatable bonds is 6. The summed E-state index contributed by atoms with van der Waals surface area (Å²) in [6, 6.07) is 8.06. The van der Waals surface area contributed by atoms with Crippen molar-refractivity contribution in [2.45, 2.75) is 19.5 Å². The summed E-state index contributed by atoms with van der Waals surface area (Å²) in [5.74, 6) is 0.0747. The summed E-state index contributed by atoms with van der Waals surface area (Å²) < 4.78 is 19.6. The van der Waals surface area contributed by atoms with Crippen molar-refractivity contribution in [3.05, 3.63) is 48.0 Å². The zero-order valence-electron chi connectivity index (χ0n) is 12.7. The van der Waals surface area contributed by atoms with E-state index in [9.17, 15) is 4.39 Å². The third-order valence-corrected chi connectivity index (χ3v) is 2.96.